The number of hydrogen-bond acceptors (Lipinski definition) is 2. The van der Waals surface area contributed by atoms with E-state index in [-0.39, 0.29) is 0 Å². The third kappa shape index (κ3) is 12.6. The Labute approximate surface area is 185 Å². The van der Waals surface area contributed by atoms with Gasteiger partial charge < -0.3 is 10.2 Å². The summed E-state index contributed by atoms with van der Waals surface area (Å²) in [6.07, 6.45) is 12.5. The third-order valence-corrected chi connectivity index (χ3v) is 5.44. The van der Waals surface area contributed by atoms with E-state index in [9.17, 15) is 5.11 Å². The van der Waals surface area contributed by atoms with E-state index in [4.69, 9.17) is 5.11 Å². The number of aromatic hydroxyl groups is 2. The molecule has 0 aromatic heterocycles. The lowest BCUT2D eigenvalue weighted by Gasteiger charge is -2.12. The molecule has 0 aliphatic carbocycles. The Morgan fingerprint density at radius 1 is 0.600 bits per heavy atom. The van der Waals surface area contributed by atoms with Gasteiger partial charge in [0.05, 0.1) is 0 Å². The van der Waals surface area contributed by atoms with Crippen LogP contribution in [0.3, 0.4) is 0 Å². The molecule has 2 aromatic rings. The van der Waals surface area contributed by atoms with Crippen LogP contribution in [0.25, 0.3) is 0 Å². The van der Waals surface area contributed by atoms with E-state index in [2.05, 4.69) is 33.8 Å². The highest BCUT2D eigenvalue weighted by Gasteiger charge is 2.08. The summed E-state index contributed by atoms with van der Waals surface area (Å²) in [5, 5.41) is 18.8. The molecule has 2 aromatic carbocycles. The van der Waals surface area contributed by atoms with Crippen LogP contribution in [0.5, 0.6) is 11.5 Å². The summed E-state index contributed by atoms with van der Waals surface area (Å²) < 4.78 is 0. The highest BCUT2D eigenvalue weighted by atomic mass is 16.3. The van der Waals surface area contributed by atoms with E-state index >= 15 is 0 Å². The maximum Gasteiger partial charge on any atom is 0.119 e. The predicted octanol–water partition coefficient (Wildman–Crippen LogP) is 8.30. The lowest BCUT2D eigenvalue weighted by Crippen LogP contribution is -1.97. The fraction of sp³-hybridized carbons (Fsp3) is 0.571. The summed E-state index contributed by atoms with van der Waals surface area (Å²) >= 11 is 0. The molecule has 0 bridgehead atoms. The second kappa shape index (κ2) is 15.8. The molecule has 0 saturated heterocycles. The minimum Gasteiger partial charge on any atom is -0.508 e. The Balaban J connectivity index is 0.000000539. The predicted molar refractivity (Wildman–Crippen MR) is 130 cm³/mol. The van der Waals surface area contributed by atoms with Crippen molar-refractivity contribution < 1.29 is 10.2 Å². The van der Waals surface area contributed by atoms with Crippen LogP contribution in [-0.4, -0.2) is 10.2 Å². The van der Waals surface area contributed by atoms with Crippen LogP contribution in [0.4, 0.5) is 0 Å². The average Bonchev–Trinajstić information content (AvgIpc) is 2.69. The number of rotatable bonds is 12. The number of hydrogen-bond donors (Lipinski definition) is 2. The minimum absolute atomic E-state index is 0.322. The molecule has 0 unspecified atom stereocenters. The van der Waals surface area contributed by atoms with Gasteiger partial charge in [-0.1, -0.05) is 96.6 Å². The highest BCUT2D eigenvalue weighted by Crippen LogP contribution is 2.25. The first-order valence-electron chi connectivity index (χ1n) is 11.9. The second-order valence-corrected chi connectivity index (χ2v) is 9.24. The van der Waals surface area contributed by atoms with E-state index in [1.165, 1.54) is 62.5 Å². The first kappa shape index (κ1) is 26.1. The van der Waals surface area contributed by atoms with Crippen molar-refractivity contribution in [3.8, 4) is 11.5 Å². The van der Waals surface area contributed by atoms with Crippen LogP contribution in [0, 0.1) is 11.8 Å². The van der Waals surface area contributed by atoms with Crippen LogP contribution in [0.1, 0.15) is 90.2 Å². The molecule has 30 heavy (non-hydrogen) atoms. The fourth-order valence-electron chi connectivity index (χ4n) is 3.65. The van der Waals surface area contributed by atoms with Gasteiger partial charge in [0.25, 0.3) is 0 Å². The normalized spacial score (nSPS) is 10.9. The van der Waals surface area contributed by atoms with Gasteiger partial charge in [-0.3, -0.25) is 0 Å². The Morgan fingerprint density at radius 2 is 1.17 bits per heavy atom. The van der Waals surface area contributed by atoms with Crippen molar-refractivity contribution in [2.24, 2.45) is 11.8 Å². The minimum atomic E-state index is 0.322. The highest BCUT2D eigenvalue weighted by molar-refractivity contribution is 5.39. The summed E-state index contributed by atoms with van der Waals surface area (Å²) in [6.45, 7) is 9.18. The Kier molecular flexibility index (Phi) is 13.8. The summed E-state index contributed by atoms with van der Waals surface area (Å²) in [6, 6.07) is 14.8. The number of aryl methyl sites for hydroxylation is 1. The van der Waals surface area contributed by atoms with Gasteiger partial charge >= 0.3 is 0 Å². The van der Waals surface area contributed by atoms with Crippen molar-refractivity contribution in [3.05, 3.63) is 59.7 Å². The molecular formula is C28H44O2. The lowest BCUT2D eigenvalue weighted by atomic mass is 9.95. The van der Waals surface area contributed by atoms with Gasteiger partial charge in [-0.25, -0.2) is 0 Å². The molecule has 0 fully saturated rings. The molecule has 0 aliphatic heterocycles. The summed E-state index contributed by atoms with van der Waals surface area (Å²) in [5.74, 6) is 2.45. The zero-order valence-corrected chi connectivity index (χ0v) is 19.7. The smallest absolute Gasteiger partial charge is 0.119 e. The van der Waals surface area contributed by atoms with Crippen molar-refractivity contribution in [2.75, 3.05) is 0 Å². The molecule has 0 radical (unpaired) electrons. The maximum absolute atomic E-state index is 10.2. The molecule has 0 aliphatic rings. The van der Waals surface area contributed by atoms with Gasteiger partial charge in [-0.2, -0.15) is 0 Å². The Bertz CT molecular complexity index is 662. The van der Waals surface area contributed by atoms with Gasteiger partial charge in [0.2, 0.25) is 0 Å². The van der Waals surface area contributed by atoms with E-state index < -0.39 is 0 Å². The van der Waals surface area contributed by atoms with E-state index in [0.717, 1.165) is 24.7 Å². The average molecular weight is 413 g/mol. The molecule has 0 saturated carbocycles. The second-order valence-electron chi connectivity index (χ2n) is 9.24. The van der Waals surface area contributed by atoms with Crippen molar-refractivity contribution in [2.45, 2.75) is 91.9 Å². The SMILES string of the molecule is CC(C)CCCCCc1cccc(O)c1CCCCCC(C)C.Oc1ccccc1. The first-order chi connectivity index (χ1) is 14.4. The number of phenols is 2. The topological polar surface area (TPSA) is 40.5 Å². The standard InChI is InChI=1S/C22H38O.C6H6O/c1-18(2)12-7-5-9-14-20-15-11-17-22(23)21(20)16-10-6-8-13-19(3)4;7-6-4-2-1-3-5-6/h11,15,17-19,23H,5-10,12-14,16H2,1-4H3;1-5,7H. The van der Waals surface area contributed by atoms with Gasteiger partial charge in [-0.15, -0.1) is 0 Å². The quantitative estimate of drug-likeness (QED) is 0.344. The van der Waals surface area contributed by atoms with Gasteiger partial charge in [-0.05, 0) is 66.8 Å². The molecular weight excluding hydrogens is 368 g/mol. The van der Waals surface area contributed by atoms with Gasteiger partial charge in [0.15, 0.2) is 0 Å². The zero-order chi connectivity index (χ0) is 22.2. The van der Waals surface area contributed by atoms with E-state index in [0.29, 0.717) is 11.5 Å². The summed E-state index contributed by atoms with van der Waals surface area (Å²) in [5.41, 5.74) is 2.58. The fourth-order valence-corrected chi connectivity index (χ4v) is 3.65. The van der Waals surface area contributed by atoms with Crippen LogP contribution in [0.2, 0.25) is 0 Å². The van der Waals surface area contributed by atoms with Gasteiger partial charge in [0, 0.05) is 0 Å². The molecule has 0 atom stereocenters. The number of phenolic OH excluding ortho intramolecular Hbond substituents is 2. The molecule has 0 amide bonds. The summed E-state index contributed by atoms with van der Waals surface area (Å²) in [4.78, 5) is 0. The van der Waals surface area contributed by atoms with Crippen LogP contribution >= 0.6 is 0 Å². The number of unbranched alkanes of at least 4 members (excludes halogenated alkanes) is 4. The third-order valence-electron chi connectivity index (χ3n) is 5.44. The van der Waals surface area contributed by atoms with Crippen molar-refractivity contribution >= 4 is 0 Å². The van der Waals surface area contributed by atoms with Crippen LogP contribution < -0.4 is 0 Å². The molecule has 0 heterocycles. The monoisotopic (exact) mass is 412 g/mol. The molecule has 2 heteroatoms. The van der Waals surface area contributed by atoms with Crippen LogP contribution in [0.15, 0.2) is 48.5 Å². The van der Waals surface area contributed by atoms with Crippen molar-refractivity contribution in [1.29, 1.82) is 0 Å². The maximum atomic E-state index is 10.2. The lowest BCUT2D eigenvalue weighted by molar-refractivity contribution is 0.462. The molecule has 2 N–H and O–H groups in total. The van der Waals surface area contributed by atoms with Crippen molar-refractivity contribution in [3.63, 3.8) is 0 Å². The summed E-state index contributed by atoms with van der Waals surface area (Å²) in [7, 11) is 0. The number of para-hydroxylation sites is 1. The Morgan fingerprint density at radius 3 is 1.67 bits per heavy atom. The van der Waals surface area contributed by atoms with Gasteiger partial charge in [0.1, 0.15) is 11.5 Å². The largest absolute Gasteiger partial charge is 0.508 e. The van der Waals surface area contributed by atoms with E-state index in [1.54, 1.807) is 24.3 Å². The Hall–Kier alpha value is -1.96. The molecule has 2 nitrogen and oxygen atoms in total. The first-order valence-corrected chi connectivity index (χ1v) is 11.9. The molecule has 2 rings (SSSR count). The van der Waals surface area contributed by atoms with Crippen molar-refractivity contribution in [1.82, 2.24) is 0 Å². The molecule has 0 spiro atoms. The van der Waals surface area contributed by atoms with E-state index in [1.807, 2.05) is 18.2 Å². The van der Waals surface area contributed by atoms with Crippen LogP contribution in [-0.2, 0) is 12.8 Å². The zero-order valence-electron chi connectivity index (χ0n) is 19.7. The number of benzene rings is 2. The molecule has 168 valence electrons.